The summed E-state index contributed by atoms with van der Waals surface area (Å²) in [5, 5.41) is 3.57. The van der Waals surface area contributed by atoms with Crippen molar-refractivity contribution in [1.82, 2.24) is 0 Å². The minimum absolute atomic E-state index is 0.195. The molecule has 0 fully saturated rings. The highest BCUT2D eigenvalue weighted by atomic mass is 32.1. The predicted octanol–water partition coefficient (Wildman–Crippen LogP) is 5.08. The third kappa shape index (κ3) is 3.98. The van der Waals surface area contributed by atoms with Crippen LogP contribution in [0, 0.1) is 5.92 Å². The monoisotopic (exact) mass is 371 g/mol. The number of thiophene rings is 1. The molecule has 0 radical (unpaired) electrons. The van der Waals surface area contributed by atoms with E-state index >= 15 is 0 Å². The molecule has 1 atom stereocenters. The number of fused-ring (bicyclic) bond motifs is 1. The zero-order valence-electron chi connectivity index (χ0n) is 15.3. The van der Waals surface area contributed by atoms with Crippen molar-refractivity contribution in [3.05, 3.63) is 51.9 Å². The number of anilines is 1. The molecule has 0 bridgehead atoms. The van der Waals surface area contributed by atoms with Gasteiger partial charge in [-0.05, 0) is 49.8 Å². The maximum atomic E-state index is 12.6. The van der Waals surface area contributed by atoms with Gasteiger partial charge >= 0.3 is 5.97 Å². The van der Waals surface area contributed by atoms with Gasteiger partial charge in [-0.15, -0.1) is 11.3 Å². The van der Waals surface area contributed by atoms with Gasteiger partial charge in [-0.25, -0.2) is 4.79 Å². The second-order valence-corrected chi connectivity index (χ2v) is 7.75. The molecular formula is C21H25NO3S. The molecule has 1 aliphatic carbocycles. The van der Waals surface area contributed by atoms with Crippen molar-refractivity contribution in [3.8, 4) is 0 Å². The van der Waals surface area contributed by atoms with Gasteiger partial charge in [0.1, 0.15) is 5.00 Å². The van der Waals surface area contributed by atoms with Crippen LogP contribution in [-0.2, 0) is 17.6 Å². The third-order valence-electron chi connectivity index (χ3n) is 4.81. The average Bonchev–Trinajstić information content (AvgIpc) is 3.00. The minimum Gasteiger partial charge on any atom is -0.462 e. The number of carbonyl (C=O) groups is 2. The lowest BCUT2D eigenvalue weighted by atomic mass is 9.84. The number of carbonyl (C=O) groups excluding carboxylic acids is 2. The number of rotatable bonds is 6. The van der Waals surface area contributed by atoms with Crippen LogP contribution < -0.4 is 5.32 Å². The summed E-state index contributed by atoms with van der Waals surface area (Å²) in [6.07, 6.45) is 5.34. The summed E-state index contributed by atoms with van der Waals surface area (Å²) in [4.78, 5) is 26.4. The SMILES string of the molecule is CCC[C@@H]1CCc2c(sc(NC(=O)c3ccccc3)c2C(=O)OCC)C1. The molecule has 1 aromatic carbocycles. The van der Waals surface area contributed by atoms with Crippen molar-refractivity contribution in [2.24, 2.45) is 5.92 Å². The first-order valence-corrected chi connectivity index (χ1v) is 10.1. The van der Waals surface area contributed by atoms with Gasteiger partial charge in [0, 0.05) is 10.4 Å². The lowest BCUT2D eigenvalue weighted by molar-refractivity contribution is 0.0526. The van der Waals surface area contributed by atoms with E-state index < -0.39 is 0 Å². The number of nitrogens with one attached hydrogen (secondary N) is 1. The molecule has 1 N–H and O–H groups in total. The van der Waals surface area contributed by atoms with E-state index in [2.05, 4.69) is 12.2 Å². The molecule has 138 valence electrons. The van der Waals surface area contributed by atoms with Crippen molar-refractivity contribution >= 4 is 28.2 Å². The van der Waals surface area contributed by atoms with Crippen LogP contribution in [0.4, 0.5) is 5.00 Å². The molecule has 5 heteroatoms. The van der Waals surface area contributed by atoms with Crippen LogP contribution >= 0.6 is 11.3 Å². The lowest BCUT2D eigenvalue weighted by Gasteiger charge is -2.21. The highest BCUT2D eigenvalue weighted by Gasteiger charge is 2.30. The zero-order valence-corrected chi connectivity index (χ0v) is 16.2. The molecule has 1 aliphatic rings. The summed E-state index contributed by atoms with van der Waals surface area (Å²) < 4.78 is 5.27. The first-order valence-electron chi connectivity index (χ1n) is 9.32. The molecule has 0 saturated carbocycles. The smallest absolute Gasteiger partial charge is 0.341 e. The van der Waals surface area contributed by atoms with Gasteiger partial charge in [0.2, 0.25) is 0 Å². The molecule has 26 heavy (non-hydrogen) atoms. The molecule has 0 aliphatic heterocycles. The van der Waals surface area contributed by atoms with E-state index in [0.717, 1.165) is 24.8 Å². The van der Waals surface area contributed by atoms with Gasteiger partial charge in [-0.1, -0.05) is 38.0 Å². The molecule has 2 aromatic rings. The van der Waals surface area contributed by atoms with Crippen molar-refractivity contribution in [2.75, 3.05) is 11.9 Å². The Morgan fingerprint density at radius 3 is 2.69 bits per heavy atom. The van der Waals surface area contributed by atoms with Crippen molar-refractivity contribution in [3.63, 3.8) is 0 Å². The topological polar surface area (TPSA) is 55.4 Å². The van der Waals surface area contributed by atoms with Crippen LogP contribution in [-0.4, -0.2) is 18.5 Å². The van der Waals surface area contributed by atoms with Crippen LogP contribution in [0.15, 0.2) is 30.3 Å². The summed E-state index contributed by atoms with van der Waals surface area (Å²) in [6, 6.07) is 9.07. The Bertz CT molecular complexity index is 782. The van der Waals surface area contributed by atoms with Gasteiger partial charge in [0.15, 0.2) is 0 Å². The number of esters is 1. The van der Waals surface area contributed by atoms with Gasteiger partial charge < -0.3 is 10.1 Å². The van der Waals surface area contributed by atoms with Gasteiger partial charge in [-0.3, -0.25) is 4.79 Å². The van der Waals surface area contributed by atoms with E-state index in [4.69, 9.17) is 4.74 Å². The quantitative estimate of drug-likeness (QED) is 0.720. The Morgan fingerprint density at radius 1 is 1.23 bits per heavy atom. The molecule has 4 nitrogen and oxygen atoms in total. The summed E-state index contributed by atoms with van der Waals surface area (Å²) >= 11 is 1.54. The molecular weight excluding hydrogens is 346 g/mol. The fourth-order valence-corrected chi connectivity index (χ4v) is 4.93. The van der Waals surface area contributed by atoms with Crippen LogP contribution in [0.1, 0.15) is 64.3 Å². The van der Waals surface area contributed by atoms with E-state index in [1.54, 1.807) is 19.1 Å². The van der Waals surface area contributed by atoms with Crippen LogP contribution in [0.2, 0.25) is 0 Å². The van der Waals surface area contributed by atoms with Crippen molar-refractivity contribution in [1.29, 1.82) is 0 Å². The maximum Gasteiger partial charge on any atom is 0.341 e. The molecule has 0 saturated heterocycles. The fraction of sp³-hybridized carbons (Fsp3) is 0.429. The van der Waals surface area contributed by atoms with Crippen LogP contribution in [0.5, 0.6) is 0 Å². The number of amides is 1. The highest BCUT2D eigenvalue weighted by molar-refractivity contribution is 7.17. The van der Waals surface area contributed by atoms with E-state index in [9.17, 15) is 9.59 Å². The van der Waals surface area contributed by atoms with E-state index in [1.165, 1.54) is 29.1 Å². The number of benzene rings is 1. The average molecular weight is 372 g/mol. The van der Waals surface area contributed by atoms with Gasteiger partial charge in [0.25, 0.3) is 5.91 Å². The Kier molecular flexibility index (Phi) is 6.09. The van der Waals surface area contributed by atoms with Crippen molar-refractivity contribution < 1.29 is 14.3 Å². The van der Waals surface area contributed by atoms with Gasteiger partial charge in [0.05, 0.1) is 12.2 Å². The largest absolute Gasteiger partial charge is 0.462 e. The molecule has 1 amide bonds. The molecule has 3 rings (SSSR count). The highest BCUT2D eigenvalue weighted by Crippen LogP contribution is 2.41. The number of hydrogen-bond acceptors (Lipinski definition) is 4. The first-order chi connectivity index (χ1) is 12.6. The second kappa shape index (κ2) is 8.49. The normalized spacial score (nSPS) is 16.0. The summed E-state index contributed by atoms with van der Waals surface area (Å²) in [6.45, 7) is 4.34. The maximum absolute atomic E-state index is 12.6. The standard InChI is InChI=1S/C21H25NO3S/c1-3-8-14-11-12-16-17(13-14)26-20(18(16)21(24)25-4-2)22-19(23)15-9-6-5-7-10-15/h5-7,9-10,14H,3-4,8,11-13H2,1-2H3,(H,22,23)/t14-/m1/s1. The minimum atomic E-state index is -0.331. The molecule has 1 aromatic heterocycles. The molecule has 0 unspecified atom stereocenters. The lowest BCUT2D eigenvalue weighted by Crippen LogP contribution is -2.17. The Balaban J connectivity index is 1.91. The van der Waals surface area contributed by atoms with Gasteiger partial charge in [-0.2, -0.15) is 0 Å². The van der Waals surface area contributed by atoms with Crippen LogP contribution in [0.3, 0.4) is 0 Å². The van der Waals surface area contributed by atoms with E-state index in [1.807, 2.05) is 18.2 Å². The Labute approximate surface area is 158 Å². The number of ether oxygens (including phenoxy) is 1. The summed E-state index contributed by atoms with van der Waals surface area (Å²) in [5.41, 5.74) is 2.22. The number of hydrogen-bond donors (Lipinski definition) is 1. The Morgan fingerprint density at radius 2 is 2.00 bits per heavy atom. The second-order valence-electron chi connectivity index (χ2n) is 6.65. The Hall–Kier alpha value is -2.14. The fourth-order valence-electron chi connectivity index (χ4n) is 3.58. The zero-order chi connectivity index (χ0) is 18.5. The predicted molar refractivity (Wildman–Crippen MR) is 105 cm³/mol. The van der Waals surface area contributed by atoms with Crippen molar-refractivity contribution in [2.45, 2.75) is 46.0 Å². The van der Waals surface area contributed by atoms with E-state index in [-0.39, 0.29) is 11.9 Å². The molecule has 1 heterocycles. The van der Waals surface area contributed by atoms with Crippen LogP contribution in [0.25, 0.3) is 0 Å². The molecule has 0 spiro atoms. The first kappa shape index (κ1) is 18.6. The summed E-state index contributed by atoms with van der Waals surface area (Å²) in [5.74, 6) is 0.140. The van der Waals surface area contributed by atoms with E-state index in [0.29, 0.717) is 28.7 Å². The summed E-state index contributed by atoms with van der Waals surface area (Å²) in [7, 11) is 0. The third-order valence-corrected chi connectivity index (χ3v) is 5.98.